The summed E-state index contributed by atoms with van der Waals surface area (Å²) in [5.74, 6) is 3.08. The molecule has 0 spiro atoms. The molecule has 0 saturated carbocycles. The van der Waals surface area contributed by atoms with Crippen molar-refractivity contribution in [3.63, 3.8) is 0 Å². The van der Waals surface area contributed by atoms with Crippen LogP contribution in [0, 0.1) is 0 Å². The first-order chi connectivity index (χ1) is 13.3. The Kier molecular flexibility index (Phi) is 8.83. The van der Waals surface area contributed by atoms with Gasteiger partial charge in [0, 0.05) is 6.54 Å². The maximum atomic E-state index is 5.69. The highest BCUT2D eigenvalue weighted by Gasteiger charge is 2.05. The molecule has 0 radical (unpaired) electrons. The second-order valence-electron chi connectivity index (χ2n) is 5.70. The van der Waals surface area contributed by atoms with E-state index < -0.39 is 0 Å². The van der Waals surface area contributed by atoms with Crippen molar-refractivity contribution in [3.8, 4) is 17.2 Å². The number of nitrogens with one attached hydrogen (secondary N) is 2. The molecule has 6 nitrogen and oxygen atoms in total. The number of hydrogen-bond acceptors (Lipinski definition) is 4. The quantitative estimate of drug-likeness (QED) is 0.381. The molecule has 2 aromatic carbocycles. The van der Waals surface area contributed by atoms with Crippen LogP contribution in [-0.4, -0.2) is 39.4 Å². The lowest BCUT2D eigenvalue weighted by atomic mass is 10.2. The Morgan fingerprint density at radius 3 is 2.48 bits per heavy atom. The molecule has 0 aliphatic rings. The van der Waals surface area contributed by atoms with Gasteiger partial charge in [0.05, 0.1) is 26.8 Å². The molecule has 6 heteroatoms. The molecule has 0 aromatic heterocycles. The monoisotopic (exact) mass is 371 g/mol. The molecule has 2 aromatic rings. The fourth-order valence-corrected chi connectivity index (χ4v) is 2.45. The van der Waals surface area contributed by atoms with Gasteiger partial charge in [-0.25, -0.2) is 4.99 Å². The highest BCUT2D eigenvalue weighted by atomic mass is 16.5. The smallest absolute Gasteiger partial charge is 0.191 e. The zero-order valence-corrected chi connectivity index (χ0v) is 16.3. The molecular weight excluding hydrogens is 342 g/mol. The standard InChI is InChI=1S/C21H29N3O3/c1-4-22-21(23-13-14-27-18-9-7-6-8-10-18)24-16-17-11-12-19(26-5-2)20(15-17)25-3/h6-12,15H,4-5,13-14,16H2,1-3H3,(H2,22,23,24). The van der Waals surface area contributed by atoms with Gasteiger partial charge in [-0.2, -0.15) is 0 Å². The molecule has 27 heavy (non-hydrogen) atoms. The minimum atomic E-state index is 0.539. The first-order valence-corrected chi connectivity index (χ1v) is 9.26. The molecule has 0 fully saturated rings. The number of methoxy groups -OCH3 is 1. The van der Waals surface area contributed by atoms with Crippen molar-refractivity contribution in [2.75, 3.05) is 33.4 Å². The Labute approximate surface area is 161 Å². The maximum Gasteiger partial charge on any atom is 0.191 e. The van der Waals surface area contributed by atoms with Crippen LogP contribution >= 0.6 is 0 Å². The van der Waals surface area contributed by atoms with Crippen LogP contribution in [0.4, 0.5) is 0 Å². The third-order valence-corrected chi connectivity index (χ3v) is 3.70. The highest BCUT2D eigenvalue weighted by molar-refractivity contribution is 5.79. The number of ether oxygens (including phenoxy) is 3. The SMILES string of the molecule is CCNC(=NCc1ccc(OCC)c(OC)c1)NCCOc1ccccc1. The van der Waals surface area contributed by atoms with Crippen LogP contribution in [0.15, 0.2) is 53.5 Å². The van der Waals surface area contributed by atoms with E-state index in [1.807, 2.05) is 62.4 Å². The summed E-state index contributed by atoms with van der Waals surface area (Å²) in [6.45, 7) is 7.15. The Morgan fingerprint density at radius 2 is 1.78 bits per heavy atom. The van der Waals surface area contributed by atoms with Crippen molar-refractivity contribution in [1.82, 2.24) is 10.6 Å². The van der Waals surface area contributed by atoms with Crippen LogP contribution in [0.25, 0.3) is 0 Å². The van der Waals surface area contributed by atoms with Crippen LogP contribution in [-0.2, 0) is 6.54 Å². The molecule has 0 heterocycles. The molecule has 0 unspecified atom stereocenters. The van der Waals surface area contributed by atoms with Gasteiger partial charge in [-0.05, 0) is 43.7 Å². The largest absolute Gasteiger partial charge is 0.493 e. The lowest BCUT2D eigenvalue weighted by Gasteiger charge is -2.13. The van der Waals surface area contributed by atoms with Gasteiger partial charge in [0.2, 0.25) is 0 Å². The second-order valence-corrected chi connectivity index (χ2v) is 5.70. The van der Waals surface area contributed by atoms with Crippen molar-refractivity contribution in [1.29, 1.82) is 0 Å². The van der Waals surface area contributed by atoms with Gasteiger partial charge < -0.3 is 24.8 Å². The summed E-state index contributed by atoms with van der Waals surface area (Å²) in [5, 5.41) is 6.52. The Morgan fingerprint density at radius 1 is 0.963 bits per heavy atom. The Bertz CT molecular complexity index is 705. The van der Waals surface area contributed by atoms with Crippen LogP contribution in [0.5, 0.6) is 17.2 Å². The summed E-state index contributed by atoms with van der Waals surface area (Å²) in [5.41, 5.74) is 1.05. The molecule has 2 N–H and O–H groups in total. The number of benzene rings is 2. The zero-order chi connectivity index (χ0) is 19.3. The lowest BCUT2D eigenvalue weighted by Crippen LogP contribution is -2.39. The van der Waals surface area contributed by atoms with E-state index in [0.717, 1.165) is 35.3 Å². The van der Waals surface area contributed by atoms with Gasteiger partial charge in [-0.3, -0.25) is 0 Å². The van der Waals surface area contributed by atoms with Gasteiger partial charge in [0.1, 0.15) is 12.4 Å². The Hall–Kier alpha value is -2.89. The van der Waals surface area contributed by atoms with E-state index in [1.54, 1.807) is 7.11 Å². The molecule has 0 aliphatic carbocycles. The normalized spacial score (nSPS) is 11.0. The average molecular weight is 371 g/mol. The average Bonchev–Trinajstić information content (AvgIpc) is 2.71. The minimum Gasteiger partial charge on any atom is -0.493 e. The minimum absolute atomic E-state index is 0.539. The predicted octanol–water partition coefficient (Wildman–Crippen LogP) is 3.23. The fraction of sp³-hybridized carbons (Fsp3) is 0.381. The van der Waals surface area contributed by atoms with Crippen molar-refractivity contribution >= 4 is 5.96 Å². The summed E-state index contributed by atoms with van der Waals surface area (Å²) in [7, 11) is 1.64. The first kappa shape index (κ1) is 20.4. The molecule has 0 bridgehead atoms. The number of nitrogens with zero attached hydrogens (tertiary/aromatic N) is 1. The van der Waals surface area contributed by atoms with Crippen LogP contribution in [0.2, 0.25) is 0 Å². The summed E-state index contributed by atoms with van der Waals surface area (Å²) < 4.78 is 16.6. The van der Waals surface area contributed by atoms with E-state index in [-0.39, 0.29) is 0 Å². The zero-order valence-electron chi connectivity index (χ0n) is 16.3. The highest BCUT2D eigenvalue weighted by Crippen LogP contribution is 2.28. The molecule has 0 aliphatic heterocycles. The number of rotatable bonds is 10. The van der Waals surface area contributed by atoms with E-state index in [9.17, 15) is 0 Å². The topological polar surface area (TPSA) is 64.1 Å². The maximum absolute atomic E-state index is 5.69. The van der Waals surface area contributed by atoms with Crippen molar-refractivity contribution in [2.24, 2.45) is 4.99 Å². The predicted molar refractivity (Wildman–Crippen MR) is 109 cm³/mol. The van der Waals surface area contributed by atoms with Gasteiger partial charge in [0.25, 0.3) is 0 Å². The fourth-order valence-electron chi connectivity index (χ4n) is 2.45. The van der Waals surface area contributed by atoms with Gasteiger partial charge in [-0.15, -0.1) is 0 Å². The van der Waals surface area contributed by atoms with E-state index in [0.29, 0.717) is 26.3 Å². The number of para-hydroxylation sites is 1. The molecule has 0 saturated heterocycles. The van der Waals surface area contributed by atoms with Crippen LogP contribution < -0.4 is 24.8 Å². The van der Waals surface area contributed by atoms with Gasteiger partial charge in [0.15, 0.2) is 17.5 Å². The van der Waals surface area contributed by atoms with Crippen molar-refractivity contribution < 1.29 is 14.2 Å². The van der Waals surface area contributed by atoms with Crippen molar-refractivity contribution in [2.45, 2.75) is 20.4 Å². The van der Waals surface area contributed by atoms with E-state index in [1.165, 1.54) is 0 Å². The van der Waals surface area contributed by atoms with Crippen molar-refractivity contribution in [3.05, 3.63) is 54.1 Å². The number of guanidine groups is 1. The molecule has 146 valence electrons. The summed E-state index contributed by atoms with van der Waals surface area (Å²) in [4.78, 5) is 4.62. The van der Waals surface area contributed by atoms with E-state index in [4.69, 9.17) is 14.2 Å². The van der Waals surface area contributed by atoms with Gasteiger partial charge >= 0.3 is 0 Å². The molecule has 0 atom stereocenters. The summed E-state index contributed by atoms with van der Waals surface area (Å²) in [6, 6.07) is 15.6. The van der Waals surface area contributed by atoms with E-state index >= 15 is 0 Å². The molecular formula is C21H29N3O3. The number of aliphatic imine (C=N–C) groups is 1. The third kappa shape index (κ3) is 7.09. The third-order valence-electron chi connectivity index (χ3n) is 3.70. The number of hydrogen-bond donors (Lipinski definition) is 2. The van der Waals surface area contributed by atoms with Crippen LogP contribution in [0.3, 0.4) is 0 Å². The molecule has 2 rings (SSSR count). The molecule has 0 amide bonds. The second kappa shape index (κ2) is 11.7. The Balaban J connectivity index is 1.88. The summed E-state index contributed by atoms with van der Waals surface area (Å²) in [6.07, 6.45) is 0. The van der Waals surface area contributed by atoms with E-state index in [2.05, 4.69) is 15.6 Å². The first-order valence-electron chi connectivity index (χ1n) is 9.26. The lowest BCUT2D eigenvalue weighted by molar-refractivity contribution is 0.310. The van der Waals surface area contributed by atoms with Gasteiger partial charge in [-0.1, -0.05) is 24.3 Å². The summed E-state index contributed by atoms with van der Waals surface area (Å²) >= 11 is 0. The van der Waals surface area contributed by atoms with Crippen LogP contribution in [0.1, 0.15) is 19.4 Å².